The number of para-hydroxylation sites is 2. The molecule has 1 atom stereocenters. The average Bonchev–Trinajstić information content (AvgIpc) is 3.09. The molecule has 24 heavy (non-hydrogen) atoms. The Hall–Kier alpha value is -2.50. The Bertz CT molecular complexity index is 698. The molecule has 0 spiro atoms. The van der Waals surface area contributed by atoms with Crippen LogP contribution < -0.4 is 9.47 Å². The number of aromatic nitrogens is 2. The molecule has 3 rings (SSSR count). The molecule has 1 aromatic carbocycles. The minimum atomic E-state index is -0.0120. The van der Waals surface area contributed by atoms with Gasteiger partial charge in [-0.15, -0.1) is 0 Å². The molecule has 2 heterocycles. The number of aromatic amines is 1. The van der Waals surface area contributed by atoms with Crippen molar-refractivity contribution in [3.05, 3.63) is 41.7 Å². The minimum Gasteiger partial charge on any atom is -0.493 e. The summed E-state index contributed by atoms with van der Waals surface area (Å²) in [4.78, 5) is 14.5. The quantitative estimate of drug-likeness (QED) is 0.915. The van der Waals surface area contributed by atoms with Gasteiger partial charge in [-0.1, -0.05) is 12.1 Å². The summed E-state index contributed by atoms with van der Waals surface area (Å²) in [7, 11) is 1.61. The number of methoxy groups -OCH3 is 1. The summed E-state index contributed by atoms with van der Waals surface area (Å²) >= 11 is 0. The Balaban J connectivity index is 1.64. The summed E-state index contributed by atoms with van der Waals surface area (Å²) in [6.45, 7) is 3.20. The summed E-state index contributed by atoms with van der Waals surface area (Å²) in [5, 5.41) is 7.04. The highest BCUT2D eigenvalue weighted by molar-refractivity contribution is 5.92. The van der Waals surface area contributed by atoms with Gasteiger partial charge in [0.1, 0.15) is 6.61 Å². The second-order valence-corrected chi connectivity index (χ2v) is 6.06. The van der Waals surface area contributed by atoms with E-state index in [2.05, 4.69) is 17.1 Å². The minimum absolute atomic E-state index is 0.0120. The molecule has 1 amide bonds. The predicted octanol–water partition coefficient (Wildman–Crippen LogP) is 3.01. The molecule has 0 bridgehead atoms. The first-order chi connectivity index (χ1) is 11.7. The van der Waals surface area contributed by atoms with Gasteiger partial charge in [-0.25, -0.2) is 0 Å². The molecule has 1 aliphatic rings. The summed E-state index contributed by atoms with van der Waals surface area (Å²) in [5.74, 6) is 1.32. The maximum absolute atomic E-state index is 12.6. The van der Waals surface area contributed by atoms with E-state index >= 15 is 0 Å². The van der Waals surface area contributed by atoms with Gasteiger partial charge in [0.2, 0.25) is 0 Å². The van der Waals surface area contributed by atoms with E-state index < -0.39 is 0 Å². The summed E-state index contributed by atoms with van der Waals surface area (Å²) < 4.78 is 11.0. The third-order valence-corrected chi connectivity index (χ3v) is 4.37. The lowest BCUT2D eigenvalue weighted by Gasteiger charge is -2.32. The van der Waals surface area contributed by atoms with Crippen LogP contribution in [-0.4, -0.2) is 40.7 Å². The molecule has 1 aromatic heterocycles. The van der Waals surface area contributed by atoms with E-state index in [1.54, 1.807) is 13.2 Å². The van der Waals surface area contributed by atoms with E-state index in [4.69, 9.17) is 9.47 Å². The molecule has 6 heteroatoms. The lowest BCUT2D eigenvalue weighted by Crippen LogP contribution is -2.42. The van der Waals surface area contributed by atoms with Crippen molar-refractivity contribution in [2.75, 3.05) is 13.7 Å². The van der Waals surface area contributed by atoms with Crippen LogP contribution in [0.15, 0.2) is 30.3 Å². The van der Waals surface area contributed by atoms with Crippen LogP contribution in [-0.2, 0) is 6.61 Å². The summed E-state index contributed by atoms with van der Waals surface area (Å²) in [6.07, 6.45) is 3.30. The second-order valence-electron chi connectivity index (χ2n) is 6.06. The van der Waals surface area contributed by atoms with Gasteiger partial charge in [0.05, 0.1) is 12.8 Å². The highest BCUT2D eigenvalue weighted by atomic mass is 16.5. The molecule has 0 aliphatic carbocycles. The van der Waals surface area contributed by atoms with Crippen LogP contribution in [0.2, 0.25) is 0 Å². The SMILES string of the molecule is COc1ccccc1OCc1cc(C(=O)N2CCCC[C@H]2C)n[nH]1. The van der Waals surface area contributed by atoms with Crippen LogP contribution in [0.1, 0.15) is 42.4 Å². The smallest absolute Gasteiger partial charge is 0.274 e. The zero-order valence-electron chi connectivity index (χ0n) is 14.1. The number of ether oxygens (including phenoxy) is 2. The van der Waals surface area contributed by atoms with Crippen LogP contribution in [0, 0.1) is 0 Å². The maximum Gasteiger partial charge on any atom is 0.274 e. The van der Waals surface area contributed by atoms with E-state index in [1.165, 1.54) is 6.42 Å². The largest absolute Gasteiger partial charge is 0.493 e. The maximum atomic E-state index is 12.6. The van der Waals surface area contributed by atoms with Crippen LogP contribution >= 0.6 is 0 Å². The van der Waals surface area contributed by atoms with Crippen LogP contribution in [0.5, 0.6) is 11.5 Å². The number of amides is 1. The molecule has 2 aromatic rings. The van der Waals surface area contributed by atoms with Gasteiger partial charge in [0, 0.05) is 12.6 Å². The van der Waals surface area contributed by atoms with Crippen molar-refractivity contribution in [1.82, 2.24) is 15.1 Å². The number of benzene rings is 1. The normalized spacial score (nSPS) is 17.6. The van der Waals surface area contributed by atoms with Crippen molar-refractivity contribution in [2.45, 2.75) is 38.8 Å². The monoisotopic (exact) mass is 329 g/mol. The molecule has 0 saturated carbocycles. The number of hydrogen-bond donors (Lipinski definition) is 1. The van der Waals surface area contributed by atoms with E-state index in [9.17, 15) is 4.79 Å². The van der Waals surface area contributed by atoms with Gasteiger partial charge in [-0.2, -0.15) is 5.10 Å². The molecule has 1 fully saturated rings. The number of likely N-dealkylation sites (tertiary alicyclic amines) is 1. The molecular weight excluding hydrogens is 306 g/mol. The Labute approximate surface area is 141 Å². The Kier molecular flexibility index (Phi) is 5.03. The first-order valence-corrected chi connectivity index (χ1v) is 8.30. The molecule has 1 saturated heterocycles. The first-order valence-electron chi connectivity index (χ1n) is 8.30. The van der Waals surface area contributed by atoms with Crippen LogP contribution in [0.4, 0.5) is 0 Å². The Morgan fingerprint density at radius 2 is 2.12 bits per heavy atom. The van der Waals surface area contributed by atoms with Gasteiger partial charge in [0.15, 0.2) is 17.2 Å². The highest BCUT2D eigenvalue weighted by Gasteiger charge is 2.25. The number of rotatable bonds is 5. The number of H-pyrrole nitrogens is 1. The standard InChI is InChI=1S/C18H23N3O3/c1-13-7-5-6-10-21(13)18(22)15-11-14(19-20-15)12-24-17-9-4-3-8-16(17)23-2/h3-4,8-9,11,13H,5-7,10,12H2,1-2H3,(H,19,20)/t13-/m1/s1. The van der Waals surface area contributed by atoms with Crippen molar-refractivity contribution in [3.8, 4) is 11.5 Å². The van der Waals surface area contributed by atoms with Gasteiger partial charge >= 0.3 is 0 Å². The third kappa shape index (κ3) is 3.53. The summed E-state index contributed by atoms with van der Waals surface area (Å²) in [5.41, 5.74) is 1.20. The van der Waals surface area contributed by atoms with Crippen molar-refractivity contribution >= 4 is 5.91 Å². The van der Waals surface area contributed by atoms with Gasteiger partial charge in [-0.3, -0.25) is 9.89 Å². The second kappa shape index (κ2) is 7.38. The first kappa shape index (κ1) is 16.4. The lowest BCUT2D eigenvalue weighted by molar-refractivity contribution is 0.0629. The molecular formula is C18H23N3O3. The molecule has 0 radical (unpaired) electrons. The zero-order valence-corrected chi connectivity index (χ0v) is 14.1. The number of nitrogens with zero attached hydrogens (tertiary/aromatic N) is 2. The number of nitrogens with one attached hydrogen (secondary N) is 1. The molecule has 128 valence electrons. The fourth-order valence-electron chi connectivity index (χ4n) is 2.99. The van der Waals surface area contributed by atoms with Crippen LogP contribution in [0.25, 0.3) is 0 Å². The average molecular weight is 329 g/mol. The van der Waals surface area contributed by atoms with Crippen LogP contribution in [0.3, 0.4) is 0 Å². The zero-order chi connectivity index (χ0) is 16.9. The number of carbonyl (C=O) groups is 1. The van der Waals surface area contributed by atoms with Gasteiger partial charge in [0.25, 0.3) is 5.91 Å². The topological polar surface area (TPSA) is 67.5 Å². The van der Waals surface area contributed by atoms with Gasteiger partial charge < -0.3 is 14.4 Å². The third-order valence-electron chi connectivity index (χ3n) is 4.37. The number of piperidine rings is 1. The summed E-state index contributed by atoms with van der Waals surface area (Å²) in [6, 6.07) is 9.50. The van der Waals surface area contributed by atoms with Gasteiger partial charge in [-0.05, 0) is 44.4 Å². The fraction of sp³-hybridized carbons (Fsp3) is 0.444. The van der Waals surface area contributed by atoms with Crippen molar-refractivity contribution in [1.29, 1.82) is 0 Å². The molecule has 1 aliphatic heterocycles. The molecule has 0 unspecified atom stereocenters. The van der Waals surface area contributed by atoms with E-state index in [-0.39, 0.29) is 11.9 Å². The fourth-order valence-corrected chi connectivity index (χ4v) is 2.99. The number of hydrogen-bond acceptors (Lipinski definition) is 4. The lowest BCUT2D eigenvalue weighted by atomic mass is 10.0. The Morgan fingerprint density at radius 1 is 1.33 bits per heavy atom. The highest BCUT2D eigenvalue weighted by Crippen LogP contribution is 2.26. The molecule has 6 nitrogen and oxygen atoms in total. The predicted molar refractivity (Wildman–Crippen MR) is 90.3 cm³/mol. The van der Waals surface area contributed by atoms with E-state index in [0.717, 1.165) is 25.1 Å². The number of carbonyl (C=O) groups excluding carboxylic acids is 1. The van der Waals surface area contributed by atoms with E-state index in [1.807, 2.05) is 29.2 Å². The molecule has 1 N–H and O–H groups in total. The van der Waals surface area contributed by atoms with E-state index in [0.29, 0.717) is 23.8 Å². The Morgan fingerprint density at radius 3 is 2.88 bits per heavy atom. The van der Waals surface area contributed by atoms with Crippen molar-refractivity contribution in [3.63, 3.8) is 0 Å². The van der Waals surface area contributed by atoms with Crippen molar-refractivity contribution < 1.29 is 14.3 Å². The van der Waals surface area contributed by atoms with Crippen molar-refractivity contribution in [2.24, 2.45) is 0 Å².